The number of methoxy groups -OCH3 is 1. The van der Waals surface area contributed by atoms with Crippen molar-refractivity contribution in [2.75, 3.05) is 18.1 Å². The summed E-state index contributed by atoms with van der Waals surface area (Å²) in [5.41, 5.74) is 6.85. The Labute approximate surface area is 183 Å². The third-order valence-corrected chi connectivity index (χ3v) is 5.90. The summed E-state index contributed by atoms with van der Waals surface area (Å²) in [6, 6.07) is 21.6. The molecule has 4 rings (SSSR count). The van der Waals surface area contributed by atoms with Gasteiger partial charge in [0, 0.05) is 16.8 Å². The van der Waals surface area contributed by atoms with Crippen molar-refractivity contribution in [2.24, 2.45) is 0 Å². The van der Waals surface area contributed by atoms with E-state index < -0.39 is 10.0 Å². The van der Waals surface area contributed by atoms with Gasteiger partial charge in [0.25, 0.3) is 0 Å². The lowest BCUT2D eigenvalue weighted by Crippen LogP contribution is -2.09. The number of hydrogen-bond donors (Lipinski definition) is 1. The quantitative estimate of drug-likeness (QED) is 0.588. The molecule has 1 N–H and O–H groups in total. The normalized spacial score (nSPS) is 14.5. The van der Waals surface area contributed by atoms with Crippen molar-refractivity contribution in [3.8, 4) is 11.5 Å². The molecule has 0 radical (unpaired) electrons. The maximum absolute atomic E-state index is 11.7. The molecule has 0 atom stereocenters. The van der Waals surface area contributed by atoms with Gasteiger partial charge in [-0.25, -0.2) is 8.42 Å². The van der Waals surface area contributed by atoms with Gasteiger partial charge in [-0.15, -0.1) is 0 Å². The summed E-state index contributed by atoms with van der Waals surface area (Å²) in [5, 5.41) is 0. The summed E-state index contributed by atoms with van der Waals surface area (Å²) in [6.07, 6.45) is 1.92. The Morgan fingerprint density at radius 3 is 2.58 bits per heavy atom. The van der Waals surface area contributed by atoms with E-state index in [0.29, 0.717) is 12.3 Å². The first-order chi connectivity index (χ1) is 14.9. The highest BCUT2D eigenvalue weighted by atomic mass is 32.2. The molecule has 0 aromatic heterocycles. The first kappa shape index (κ1) is 21.0. The molecule has 3 aromatic carbocycles. The third kappa shape index (κ3) is 4.44. The number of sulfonamides is 1. The van der Waals surface area contributed by atoms with Gasteiger partial charge in [-0.1, -0.05) is 43.3 Å². The minimum atomic E-state index is -3.36. The molecule has 3 aromatic rings. The molecule has 0 saturated carbocycles. The van der Waals surface area contributed by atoms with E-state index in [-0.39, 0.29) is 0 Å². The summed E-state index contributed by atoms with van der Waals surface area (Å²) in [6.45, 7) is 2.55. The van der Waals surface area contributed by atoms with Crippen molar-refractivity contribution >= 4 is 26.9 Å². The van der Waals surface area contributed by atoms with Crippen LogP contribution in [0.1, 0.15) is 35.6 Å². The number of para-hydroxylation sites is 1. The maximum Gasteiger partial charge on any atom is 0.229 e. The molecule has 0 amide bonds. The molecule has 1 aliphatic heterocycles. The second-order valence-corrected chi connectivity index (χ2v) is 9.22. The average molecular weight is 436 g/mol. The van der Waals surface area contributed by atoms with Crippen molar-refractivity contribution in [1.82, 2.24) is 0 Å². The molecular weight excluding hydrogens is 410 g/mol. The lowest BCUT2D eigenvalue weighted by Gasteiger charge is -2.18. The zero-order valence-corrected chi connectivity index (χ0v) is 18.6. The topological polar surface area (TPSA) is 64.6 Å². The van der Waals surface area contributed by atoms with Gasteiger partial charge < -0.3 is 9.47 Å². The molecular formula is C25H25NO4S. The Morgan fingerprint density at radius 1 is 1.03 bits per heavy atom. The zero-order valence-electron chi connectivity index (χ0n) is 17.8. The highest BCUT2D eigenvalue weighted by Crippen LogP contribution is 2.43. The molecule has 0 saturated heterocycles. The van der Waals surface area contributed by atoms with Crippen LogP contribution in [0.2, 0.25) is 0 Å². The fourth-order valence-electron chi connectivity index (χ4n) is 3.99. The molecule has 6 heteroatoms. The van der Waals surface area contributed by atoms with E-state index in [0.717, 1.165) is 57.6 Å². The Balaban J connectivity index is 1.98. The predicted octanol–water partition coefficient (Wildman–Crippen LogP) is 5.33. The highest BCUT2D eigenvalue weighted by molar-refractivity contribution is 7.92. The van der Waals surface area contributed by atoms with E-state index in [1.165, 1.54) is 0 Å². The Bertz CT molecular complexity index is 1260. The van der Waals surface area contributed by atoms with Crippen molar-refractivity contribution in [1.29, 1.82) is 0 Å². The van der Waals surface area contributed by atoms with Crippen LogP contribution in [-0.4, -0.2) is 21.8 Å². The largest absolute Gasteiger partial charge is 0.497 e. The number of nitrogens with one attached hydrogen (secondary N) is 1. The van der Waals surface area contributed by atoms with Gasteiger partial charge in [0.1, 0.15) is 18.1 Å². The third-order valence-electron chi connectivity index (χ3n) is 5.29. The van der Waals surface area contributed by atoms with Crippen LogP contribution >= 0.6 is 0 Å². The number of fused-ring (bicyclic) bond motifs is 2. The fourth-order valence-corrected chi connectivity index (χ4v) is 4.55. The van der Waals surface area contributed by atoms with Crippen LogP contribution in [0.3, 0.4) is 0 Å². The monoisotopic (exact) mass is 435 g/mol. The summed E-state index contributed by atoms with van der Waals surface area (Å²) in [4.78, 5) is 0. The Morgan fingerprint density at radius 2 is 1.84 bits per heavy atom. The second kappa shape index (κ2) is 8.47. The van der Waals surface area contributed by atoms with Gasteiger partial charge >= 0.3 is 0 Å². The number of rotatable bonds is 5. The Kier molecular flexibility index (Phi) is 5.74. The van der Waals surface area contributed by atoms with Gasteiger partial charge in [0.2, 0.25) is 10.0 Å². The van der Waals surface area contributed by atoms with Gasteiger partial charge in [-0.3, -0.25) is 4.72 Å². The van der Waals surface area contributed by atoms with Crippen LogP contribution < -0.4 is 14.2 Å². The van der Waals surface area contributed by atoms with Crippen LogP contribution in [0.5, 0.6) is 11.5 Å². The molecule has 0 spiro atoms. The van der Waals surface area contributed by atoms with Crippen LogP contribution in [0.4, 0.5) is 5.69 Å². The summed E-state index contributed by atoms with van der Waals surface area (Å²) >= 11 is 0. The standard InChI is InChI=1S/C25H25NO4S/c1-4-21(17-8-7-9-19(14-17)26-31(3,27)28)25-22-13-12-20(29-2)15-18(22)16-30-24-11-6-5-10-23(24)25/h5-15,26H,4,16H2,1-3H3. The molecule has 160 valence electrons. The second-order valence-electron chi connectivity index (χ2n) is 7.47. The van der Waals surface area contributed by atoms with E-state index in [1.807, 2.05) is 48.5 Å². The summed E-state index contributed by atoms with van der Waals surface area (Å²) < 4.78 is 37.6. The number of hydrogen-bond acceptors (Lipinski definition) is 4. The molecule has 5 nitrogen and oxygen atoms in total. The van der Waals surface area contributed by atoms with E-state index >= 15 is 0 Å². The highest BCUT2D eigenvalue weighted by Gasteiger charge is 2.23. The summed E-state index contributed by atoms with van der Waals surface area (Å²) in [7, 11) is -1.71. The van der Waals surface area contributed by atoms with Crippen LogP contribution in [0, 0.1) is 0 Å². The smallest absolute Gasteiger partial charge is 0.229 e. The minimum absolute atomic E-state index is 0.444. The lowest BCUT2D eigenvalue weighted by molar-refractivity contribution is 0.306. The number of allylic oxidation sites excluding steroid dienone is 1. The van der Waals surface area contributed by atoms with E-state index in [4.69, 9.17) is 9.47 Å². The Hall–Kier alpha value is -3.25. The number of anilines is 1. The lowest BCUT2D eigenvalue weighted by atomic mass is 9.86. The molecule has 1 heterocycles. The maximum atomic E-state index is 11.7. The van der Waals surface area contributed by atoms with Gasteiger partial charge in [-0.2, -0.15) is 0 Å². The number of ether oxygens (including phenoxy) is 2. The van der Waals surface area contributed by atoms with Gasteiger partial charge in [-0.05, 0) is 59.0 Å². The van der Waals surface area contributed by atoms with E-state index in [2.05, 4.69) is 23.8 Å². The molecule has 0 bridgehead atoms. The van der Waals surface area contributed by atoms with E-state index in [9.17, 15) is 8.42 Å². The van der Waals surface area contributed by atoms with Crippen molar-refractivity contribution in [2.45, 2.75) is 20.0 Å². The molecule has 0 unspecified atom stereocenters. The molecule has 1 aliphatic rings. The van der Waals surface area contributed by atoms with E-state index in [1.54, 1.807) is 13.2 Å². The summed E-state index contributed by atoms with van der Waals surface area (Å²) in [5.74, 6) is 1.61. The number of benzene rings is 3. The van der Waals surface area contributed by atoms with Crippen molar-refractivity contribution in [3.05, 3.63) is 89.0 Å². The molecule has 0 fully saturated rings. The first-order valence-electron chi connectivity index (χ1n) is 10.1. The molecule has 31 heavy (non-hydrogen) atoms. The zero-order chi connectivity index (χ0) is 22.0. The fraction of sp³-hybridized carbons (Fsp3) is 0.200. The van der Waals surface area contributed by atoms with Crippen LogP contribution in [0.15, 0.2) is 66.7 Å². The van der Waals surface area contributed by atoms with Crippen molar-refractivity contribution in [3.63, 3.8) is 0 Å². The van der Waals surface area contributed by atoms with Crippen LogP contribution in [0.25, 0.3) is 11.1 Å². The van der Waals surface area contributed by atoms with Crippen molar-refractivity contribution < 1.29 is 17.9 Å². The molecule has 0 aliphatic carbocycles. The van der Waals surface area contributed by atoms with Gasteiger partial charge in [0.05, 0.1) is 13.4 Å². The average Bonchev–Trinajstić information content (AvgIpc) is 2.90. The minimum Gasteiger partial charge on any atom is -0.497 e. The first-order valence-corrected chi connectivity index (χ1v) is 12.0. The predicted molar refractivity (Wildman–Crippen MR) is 125 cm³/mol. The van der Waals surface area contributed by atoms with Gasteiger partial charge in [0.15, 0.2) is 0 Å². The van der Waals surface area contributed by atoms with Crippen LogP contribution in [-0.2, 0) is 16.6 Å². The SMILES string of the molecule is CCC(=C1c2ccc(OC)cc2COc2ccccc21)c1cccc(NS(C)(=O)=O)c1.